The summed E-state index contributed by atoms with van der Waals surface area (Å²) in [6.45, 7) is 0. The normalized spacial score (nSPS) is 10.6. The predicted molar refractivity (Wildman–Crippen MR) is 131 cm³/mol. The van der Waals surface area contributed by atoms with E-state index in [2.05, 4.69) is 15.5 Å². The third-order valence-electron chi connectivity index (χ3n) is 4.75. The highest BCUT2D eigenvalue weighted by atomic mass is 35.5. The van der Waals surface area contributed by atoms with Crippen LogP contribution in [0.15, 0.2) is 78.0 Å². The third kappa shape index (κ3) is 5.19. The second-order valence-corrected chi connectivity index (χ2v) is 8.34. The zero-order valence-corrected chi connectivity index (χ0v) is 19.4. The van der Waals surface area contributed by atoms with E-state index < -0.39 is 4.92 Å². The van der Waals surface area contributed by atoms with E-state index in [0.29, 0.717) is 33.0 Å². The van der Waals surface area contributed by atoms with Gasteiger partial charge in [-0.1, -0.05) is 41.6 Å². The number of rotatable bonds is 8. The van der Waals surface area contributed by atoms with Crippen LogP contribution in [-0.4, -0.2) is 38.5 Å². The number of benzene rings is 3. The summed E-state index contributed by atoms with van der Waals surface area (Å²) in [4.78, 5) is 23.2. The van der Waals surface area contributed by atoms with Gasteiger partial charge in [-0.25, -0.2) is 0 Å². The zero-order chi connectivity index (χ0) is 24.1. The molecule has 0 radical (unpaired) electrons. The van der Waals surface area contributed by atoms with Gasteiger partial charge >= 0.3 is 0 Å². The number of nitrogens with zero attached hydrogens (tertiary/aromatic N) is 4. The van der Waals surface area contributed by atoms with E-state index in [1.54, 1.807) is 34.9 Å². The summed E-state index contributed by atoms with van der Waals surface area (Å²) in [5.41, 5.74) is 1.90. The smallest absolute Gasteiger partial charge is 0.269 e. The molecular weight excluding hydrogens is 478 g/mol. The van der Waals surface area contributed by atoms with Crippen LogP contribution in [0.5, 0.6) is 5.75 Å². The Bertz CT molecular complexity index is 1330. The molecule has 0 aliphatic heterocycles. The number of anilines is 1. The standard InChI is InChI=1S/C23H18ClN5O4S/c1-33-20-12-9-16(24)13-19(20)25-21(30)14-34-23-27-26-22(28(23)17-5-3-2-4-6-17)15-7-10-18(11-8-15)29(31)32/h2-13H,14H2,1H3,(H,25,30). The highest BCUT2D eigenvalue weighted by Crippen LogP contribution is 2.30. The van der Waals surface area contributed by atoms with E-state index in [9.17, 15) is 14.9 Å². The van der Waals surface area contributed by atoms with Crippen LogP contribution in [0.3, 0.4) is 0 Å². The van der Waals surface area contributed by atoms with Crippen LogP contribution in [0.2, 0.25) is 5.02 Å². The lowest BCUT2D eigenvalue weighted by Crippen LogP contribution is -2.15. The fourth-order valence-corrected chi connectivity index (χ4v) is 4.11. The number of ether oxygens (including phenoxy) is 1. The number of carbonyl (C=O) groups excluding carboxylic acids is 1. The Kier molecular flexibility index (Phi) is 7.09. The van der Waals surface area contributed by atoms with E-state index in [1.807, 2.05) is 30.3 Å². The number of thioether (sulfide) groups is 1. The summed E-state index contributed by atoms with van der Waals surface area (Å²) >= 11 is 7.24. The van der Waals surface area contributed by atoms with E-state index >= 15 is 0 Å². The fraction of sp³-hybridized carbons (Fsp3) is 0.0870. The Labute approximate surface area is 203 Å². The molecule has 1 N–H and O–H groups in total. The number of amides is 1. The number of para-hydroxylation sites is 1. The molecule has 0 spiro atoms. The van der Waals surface area contributed by atoms with Gasteiger partial charge in [0.1, 0.15) is 5.75 Å². The monoisotopic (exact) mass is 495 g/mol. The molecule has 0 aliphatic carbocycles. The number of hydrogen-bond acceptors (Lipinski definition) is 7. The van der Waals surface area contributed by atoms with E-state index in [-0.39, 0.29) is 17.3 Å². The molecule has 3 aromatic carbocycles. The van der Waals surface area contributed by atoms with Crippen molar-refractivity contribution < 1.29 is 14.5 Å². The fourth-order valence-electron chi connectivity index (χ4n) is 3.19. The second kappa shape index (κ2) is 10.4. The summed E-state index contributed by atoms with van der Waals surface area (Å²) in [7, 11) is 1.51. The van der Waals surface area contributed by atoms with Gasteiger partial charge in [-0.3, -0.25) is 19.5 Å². The number of hydrogen-bond donors (Lipinski definition) is 1. The number of methoxy groups -OCH3 is 1. The molecule has 1 aromatic heterocycles. The lowest BCUT2D eigenvalue weighted by Gasteiger charge is -2.12. The summed E-state index contributed by atoms with van der Waals surface area (Å²) in [6.07, 6.45) is 0. The molecule has 0 unspecified atom stereocenters. The van der Waals surface area contributed by atoms with Gasteiger partial charge in [0.2, 0.25) is 5.91 Å². The first kappa shape index (κ1) is 23.3. The van der Waals surface area contributed by atoms with Crippen LogP contribution in [0, 0.1) is 10.1 Å². The molecule has 4 aromatic rings. The Morgan fingerprint density at radius 1 is 1.12 bits per heavy atom. The maximum atomic E-state index is 12.6. The number of carbonyl (C=O) groups is 1. The van der Waals surface area contributed by atoms with Crippen molar-refractivity contribution >= 4 is 40.6 Å². The van der Waals surface area contributed by atoms with Crippen molar-refractivity contribution in [3.8, 4) is 22.8 Å². The van der Waals surface area contributed by atoms with Crippen LogP contribution >= 0.6 is 23.4 Å². The number of aromatic nitrogens is 3. The first-order valence-corrected chi connectivity index (χ1v) is 11.3. The molecule has 1 heterocycles. The van der Waals surface area contributed by atoms with E-state index in [4.69, 9.17) is 16.3 Å². The Morgan fingerprint density at radius 3 is 2.53 bits per heavy atom. The SMILES string of the molecule is COc1ccc(Cl)cc1NC(=O)CSc1nnc(-c2ccc([N+](=O)[O-])cc2)n1-c1ccccc1. The average Bonchev–Trinajstić information content (AvgIpc) is 3.27. The molecule has 0 atom stereocenters. The number of halogens is 1. The predicted octanol–water partition coefficient (Wildman–Crippen LogP) is 5.24. The molecule has 172 valence electrons. The lowest BCUT2D eigenvalue weighted by atomic mass is 10.2. The molecule has 0 saturated carbocycles. The molecular formula is C23H18ClN5O4S. The van der Waals surface area contributed by atoms with Crippen molar-refractivity contribution in [2.75, 3.05) is 18.2 Å². The van der Waals surface area contributed by atoms with Crippen molar-refractivity contribution in [1.29, 1.82) is 0 Å². The number of nitro groups is 1. The van der Waals surface area contributed by atoms with E-state index in [0.717, 1.165) is 5.69 Å². The van der Waals surface area contributed by atoms with Crippen molar-refractivity contribution in [3.05, 3.63) is 87.9 Å². The highest BCUT2D eigenvalue weighted by molar-refractivity contribution is 7.99. The maximum Gasteiger partial charge on any atom is 0.269 e. The number of nitro benzene ring substituents is 1. The van der Waals surface area contributed by atoms with Crippen LogP contribution in [-0.2, 0) is 4.79 Å². The summed E-state index contributed by atoms with van der Waals surface area (Å²) in [5, 5.41) is 23.3. The topological polar surface area (TPSA) is 112 Å². The zero-order valence-electron chi connectivity index (χ0n) is 17.8. The molecule has 4 rings (SSSR count). The molecule has 11 heteroatoms. The van der Waals surface area contributed by atoms with Gasteiger partial charge in [0.15, 0.2) is 11.0 Å². The first-order valence-electron chi connectivity index (χ1n) is 9.98. The first-order chi connectivity index (χ1) is 16.5. The van der Waals surface area contributed by atoms with Crippen LogP contribution < -0.4 is 10.1 Å². The van der Waals surface area contributed by atoms with Crippen molar-refractivity contribution in [2.24, 2.45) is 0 Å². The molecule has 0 bridgehead atoms. The van der Waals surface area contributed by atoms with Gasteiger partial charge in [-0.05, 0) is 42.5 Å². The summed E-state index contributed by atoms with van der Waals surface area (Å²) < 4.78 is 7.07. The molecule has 9 nitrogen and oxygen atoms in total. The maximum absolute atomic E-state index is 12.6. The van der Waals surface area contributed by atoms with Gasteiger partial charge in [0.05, 0.1) is 23.5 Å². The molecule has 0 saturated heterocycles. The van der Waals surface area contributed by atoms with Crippen molar-refractivity contribution in [1.82, 2.24) is 14.8 Å². The lowest BCUT2D eigenvalue weighted by molar-refractivity contribution is -0.384. The Hall–Kier alpha value is -3.89. The van der Waals surface area contributed by atoms with Crippen molar-refractivity contribution in [2.45, 2.75) is 5.16 Å². The largest absolute Gasteiger partial charge is 0.495 e. The van der Waals surface area contributed by atoms with Gasteiger partial charge < -0.3 is 10.1 Å². The Morgan fingerprint density at radius 2 is 1.85 bits per heavy atom. The van der Waals surface area contributed by atoms with E-state index in [1.165, 1.54) is 31.0 Å². The second-order valence-electron chi connectivity index (χ2n) is 6.96. The van der Waals surface area contributed by atoms with Gasteiger partial charge in [-0.15, -0.1) is 10.2 Å². The van der Waals surface area contributed by atoms with Gasteiger partial charge in [-0.2, -0.15) is 0 Å². The van der Waals surface area contributed by atoms with Crippen LogP contribution in [0.1, 0.15) is 0 Å². The minimum Gasteiger partial charge on any atom is -0.495 e. The summed E-state index contributed by atoms with van der Waals surface area (Å²) in [6, 6.07) is 20.4. The highest BCUT2D eigenvalue weighted by Gasteiger charge is 2.18. The molecule has 0 fully saturated rings. The van der Waals surface area contributed by atoms with Crippen LogP contribution in [0.4, 0.5) is 11.4 Å². The molecule has 0 aliphatic rings. The van der Waals surface area contributed by atoms with Gasteiger partial charge in [0.25, 0.3) is 5.69 Å². The number of non-ortho nitro benzene ring substituents is 1. The quantitative estimate of drug-likeness (QED) is 0.202. The van der Waals surface area contributed by atoms with Crippen LogP contribution in [0.25, 0.3) is 17.1 Å². The average molecular weight is 496 g/mol. The number of nitrogens with one attached hydrogen (secondary N) is 1. The third-order valence-corrected chi connectivity index (χ3v) is 5.92. The molecule has 34 heavy (non-hydrogen) atoms. The van der Waals surface area contributed by atoms with Gasteiger partial charge in [0, 0.05) is 28.4 Å². The van der Waals surface area contributed by atoms with Crippen molar-refractivity contribution in [3.63, 3.8) is 0 Å². The minimum absolute atomic E-state index is 0.0164. The minimum atomic E-state index is -0.458. The Balaban J connectivity index is 1.59. The summed E-state index contributed by atoms with van der Waals surface area (Å²) in [5.74, 6) is 0.780. The molecule has 1 amide bonds.